The molecule has 0 saturated heterocycles. The molecule has 31 heavy (non-hydrogen) atoms. The van der Waals surface area contributed by atoms with Gasteiger partial charge in [-0.3, -0.25) is 9.36 Å². The van der Waals surface area contributed by atoms with Crippen LogP contribution in [0.1, 0.15) is 55.4 Å². The predicted octanol–water partition coefficient (Wildman–Crippen LogP) is 5.83. The third kappa shape index (κ3) is 4.51. The van der Waals surface area contributed by atoms with Crippen LogP contribution >= 0.6 is 23.4 Å². The zero-order valence-electron chi connectivity index (χ0n) is 17.2. The van der Waals surface area contributed by atoms with E-state index in [2.05, 4.69) is 20.1 Å². The highest BCUT2D eigenvalue weighted by molar-refractivity contribution is 8.00. The molecular weight excluding hydrogens is 428 g/mol. The van der Waals surface area contributed by atoms with Crippen molar-refractivity contribution < 1.29 is 4.79 Å². The maximum atomic E-state index is 13.2. The van der Waals surface area contributed by atoms with Crippen LogP contribution in [0.5, 0.6) is 0 Å². The topological polar surface area (TPSA) is 59.8 Å². The van der Waals surface area contributed by atoms with Crippen molar-refractivity contribution in [3.8, 4) is 11.4 Å². The fourth-order valence-corrected chi connectivity index (χ4v) is 5.52. The predicted molar refractivity (Wildman–Crippen MR) is 124 cm³/mol. The molecule has 2 aliphatic carbocycles. The lowest BCUT2D eigenvalue weighted by Gasteiger charge is -2.20. The maximum absolute atomic E-state index is 13.2. The second-order valence-electron chi connectivity index (χ2n) is 8.29. The van der Waals surface area contributed by atoms with Crippen molar-refractivity contribution in [1.29, 1.82) is 0 Å². The molecule has 2 aromatic carbocycles. The number of thioether (sulfide) groups is 1. The van der Waals surface area contributed by atoms with E-state index in [4.69, 9.17) is 11.6 Å². The molecule has 0 bridgehead atoms. The molecule has 160 valence electrons. The van der Waals surface area contributed by atoms with E-state index in [0.717, 1.165) is 47.8 Å². The highest BCUT2D eigenvalue weighted by atomic mass is 35.5. The zero-order chi connectivity index (χ0) is 21.2. The van der Waals surface area contributed by atoms with Gasteiger partial charge < -0.3 is 5.32 Å². The summed E-state index contributed by atoms with van der Waals surface area (Å²) >= 11 is 8.00. The van der Waals surface area contributed by atoms with E-state index in [1.807, 2.05) is 54.6 Å². The van der Waals surface area contributed by atoms with Gasteiger partial charge in [-0.1, -0.05) is 78.7 Å². The first-order chi connectivity index (χ1) is 15.2. The molecule has 5 rings (SSSR count). The van der Waals surface area contributed by atoms with E-state index in [1.165, 1.54) is 24.6 Å². The molecule has 2 saturated carbocycles. The first kappa shape index (κ1) is 20.6. The molecule has 1 aromatic heterocycles. The van der Waals surface area contributed by atoms with Gasteiger partial charge in [-0.2, -0.15) is 0 Å². The molecule has 2 aliphatic rings. The number of halogens is 1. The average Bonchev–Trinajstić information content (AvgIpc) is 3.26. The number of rotatable bonds is 7. The minimum Gasteiger partial charge on any atom is -0.352 e. The van der Waals surface area contributed by atoms with Gasteiger partial charge in [-0.15, -0.1) is 10.2 Å². The Morgan fingerprint density at radius 2 is 1.71 bits per heavy atom. The molecule has 2 fully saturated rings. The summed E-state index contributed by atoms with van der Waals surface area (Å²) in [6.45, 7) is 0. The van der Waals surface area contributed by atoms with Gasteiger partial charge in [0.25, 0.3) is 0 Å². The molecule has 1 amide bonds. The Kier molecular flexibility index (Phi) is 6.01. The number of carbonyl (C=O) groups is 1. The first-order valence-corrected chi connectivity index (χ1v) is 12.2. The monoisotopic (exact) mass is 452 g/mol. The van der Waals surface area contributed by atoms with Crippen molar-refractivity contribution in [2.75, 3.05) is 0 Å². The highest BCUT2D eigenvalue weighted by Gasteiger charge is 2.32. The van der Waals surface area contributed by atoms with Crippen LogP contribution in [0, 0.1) is 0 Å². The smallest absolute Gasteiger partial charge is 0.238 e. The van der Waals surface area contributed by atoms with Crippen LogP contribution in [0.3, 0.4) is 0 Å². The van der Waals surface area contributed by atoms with E-state index >= 15 is 0 Å². The molecule has 1 atom stereocenters. The second-order valence-corrected chi connectivity index (χ2v) is 9.77. The molecule has 1 heterocycles. The molecule has 0 unspecified atom stereocenters. The Hall–Kier alpha value is -2.31. The van der Waals surface area contributed by atoms with Gasteiger partial charge in [0.05, 0.1) is 5.02 Å². The van der Waals surface area contributed by atoms with Crippen molar-refractivity contribution >= 4 is 29.3 Å². The van der Waals surface area contributed by atoms with Crippen LogP contribution in [-0.2, 0) is 4.79 Å². The van der Waals surface area contributed by atoms with Crippen molar-refractivity contribution in [2.45, 2.75) is 61.0 Å². The molecular formula is C24H25ClN4OS. The molecule has 7 heteroatoms. The number of nitrogens with zero attached hydrogens (tertiary/aromatic N) is 3. The van der Waals surface area contributed by atoms with Crippen molar-refractivity contribution in [2.24, 2.45) is 0 Å². The number of benzene rings is 2. The molecule has 3 aromatic rings. The number of carbonyl (C=O) groups excluding carboxylic acids is 1. The Morgan fingerprint density at radius 3 is 2.42 bits per heavy atom. The SMILES string of the molecule is O=C(NC1CC1)[C@@H](Sc1nnc(-c2ccccc2Cl)n1C1CCCC1)c1ccccc1. The third-order valence-corrected chi connectivity index (χ3v) is 7.50. The summed E-state index contributed by atoms with van der Waals surface area (Å²) in [5, 5.41) is 13.3. The first-order valence-electron chi connectivity index (χ1n) is 10.9. The normalized spacial score (nSPS) is 17.6. The van der Waals surface area contributed by atoms with Crippen LogP contribution in [0.25, 0.3) is 11.4 Å². The summed E-state index contributed by atoms with van der Waals surface area (Å²) in [4.78, 5) is 13.2. The number of hydrogen-bond donors (Lipinski definition) is 1. The van der Waals surface area contributed by atoms with Crippen LogP contribution in [0.4, 0.5) is 0 Å². The van der Waals surface area contributed by atoms with Gasteiger partial charge in [0, 0.05) is 17.6 Å². The lowest BCUT2D eigenvalue weighted by molar-refractivity contribution is -0.120. The summed E-state index contributed by atoms with van der Waals surface area (Å²) in [7, 11) is 0. The van der Waals surface area contributed by atoms with Gasteiger partial charge in [0.1, 0.15) is 5.25 Å². The van der Waals surface area contributed by atoms with Gasteiger partial charge >= 0.3 is 0 Å². The second kappa shape index (κ2) is 9.05. The molecule has 0 aliphatic heterocycles. The quantitative estimate of drug-likeness (QED) is 0.458. The summed E-state index contributed by atoms with van der Waals surface area (Å²) in [5.41, 5.74) is 1.86. The minimum atomic E-state index is -0.370. The summed E-state index contributed by atoms with van der Waals surface area (Å²) in [6, 6.07) is 18.3. The van der Waals surface area contributed by atoms with Gasteiger partial charge in [-0.05, 0) is 43.4 Å². The van der Waals surface area contributed by atoms with Crippen LogP contribution in [0.2, 0.25) is 5.02 Å². The van der Waals surface area contributed by atoms with Crippen LogP contribution in [0.15, 0.2) is 59.8 Å². The molecule has 5 nitrogen and oxygen atoms in total. The van der Waals surface area contributed by atoms with Crippen LogP contribution in [-0.4, -0.2) is 26.7 Å². The largest absolute Gasteiger partial charge is 0.352 e. The molecule has 0 spiro atoms. The third-order valence-electron chi connectivity index (χ3n) is 5.96. The van der Waals surface area contributed by atoms with E-state index in [0.29, 0.717) is 17.1 Å². The van der Waals surface area contributed by atoms with Gasteiger partial charge in [0.15, 0.2) is 11.0 Å². The number of hydrogen-bond acceptors (Lipinski definition) is 4. The Labute approximate surface area is 191 Å². The number of amides is 1. The van der Waals surface area contributed by atoms with Crippen molar-refractivity contribution in [3.63, 3.8) is 0 Å². The maximum Gasteiger partial charge on any atom is 0.238 e. The van der Waals surface area contributed by atoms with Crippen molar-refractivity contribution in [3.05, 3.63) is 65.2 Å². The number of aromatic nitrogens is 3. The summed E-state index contributed by atoms with van der Waals surface area (Å²) < 4.78 is 2.22. The van der Waals surface area contributed by atoms with E-state index in [1.54, 1.807) is 0 Å². The van der Waals surface area contributed by atoms with E-state index in [-0.39, 0.29) is 11.2 Å². The van der Waals surface area contributed by atoms with Crippen molar-refractivity contribution in [1.82, 2.24) is 20.1 Å². The summed E-state index contributed by atoms with van der Waals surface area (Å²) in [6.07, 6.45) is 6.69. The Morgan fingerprint density at radius 1 is 1.00 bits per heavy atom. The number of nitrogens with one attached hydrogen (secondary N) is 1. The van der Waals surface area contributed by atoms with Gasteiger partial charge in [0.2, 0.25) is 5.91 Å². The summed E-state index contributed by atoms with van der Waals surface area (Å²) in [5.74, 6) is 0.827. The van der Waals surface area contributed by atoms with Crippen LogP contribution < -0.4 is 5.32 Å². The fraction of sp³-hybridized carbons (Fsp3) is 0.375. The average molecular weight is 453 g/mol. The lowest BCUT2D eigenvalue weighted by Crippen LogP contribution is -2.30. The molecule has 1 N–H and O–H groups in total. The van der Waals surface area contributed by atoms with E-state index in [9.17, 15) is 4.79 Å². The lowest BCUT2D eigenvalue weighted by atomic mass is 10.1. The Bertz CT molecular complexity index is 1060. The fourth-order valence-electron chi connectivity index (χ4n) is 4.19. The molecule has 0 radical (unpaired) electrons. The minimum absolute atomic E-state index is 0.0407. The standard InChI is InChI=1S/C24H25ClN4OS/c25-20-13-7-6-12-19(20)22-27-28-24(29(22)18-10-4-5-11-18)31-21(16-8-2-1-3-9-16)23(30)26-17-14-15-17/h1-3,6-9,12-13,17-18,21H,4-5,10-11,14-15H2,(H,26,30)/t21-/m0/s1. The Balaban J connectivity index is 1.53. The van der Waals surface area contributed by atoms with Gasteiger partial charge in [-0.25, -0.2) is 0 Å². The van der Waals surface area contributed by atoms with E-state index < -0.39 is 0 Å². The zero-order valence-corrected chi connectivity index (χ0v) is 18.8. The highest BCUT2D eigenvalue weighted by Crippen LogP contribution is 2.42.